The van der Waals surface area contributed by atoms with Gasteiger partial charge in [0.1, 0.15) is 23.1 Å². The third-order valence-corrected chi connectivity index (χ3v) is 4.14. The minimum atomic E-state index is -0.233. The molecule has 0 fully saturated rings. The maximum atomic E-state index is 13.0. The Morgan fingerprint density at radius 3 is 2.46 bits per heavy atom. The van der Waals surface area contributed by atoms with E-state index in [1.165, 1.54) is 12.1 Å². The van der Waals surface area contributed by atoms with Gasteiger partial charge >= 0.3 is 0 Å². The number of nitrogens with zero attached hydrogens (tertiary/aromatic N) is 2. The van der Waals surface area contributed by atoms with Gasteiger partial charge in [0.25, 0.3) is 0 Å². The number of anilines is 3. The molecule has 0 spiro atoms. The summed E-state index contributed by atoms with van der Waals surface area (Å²) in [5.41, 5.74) is 2.65. The molecule has 0 aliphatic rings. The number of ether oxygens (including phenoxy) is 2. The molecule has 3 rings (SSSR count). The predicted octanol–water partition coefficient (Wildman–Crippen LogP) is 4.34. The van der Waals surface area contributed by atoms with Crippen LogP contribution < -0.4 is 20.1 Å². The molecule has 6 nitrogen and oxygen atoms in total. The molecule has 7 heteroatoms. The number of rotatable bonds is 8. The number of benzene rings is 2. The van der Waals surface area contributed by atoms with Crippen molar-refractivity contribution in [2.24, 2.45) is 0 Å². The molecule has 0 atom stereocenters. The first-order valence-electron chi connectivity index (χ1n) is 8.90. The zero-order chi connectivity index (χ0) is 19.9. The van der Waals surface area contributed by atoms with Gasteiger partial charge in [-0.25, -0.2) is 9.37 Å². The molecule has 28 heavy (non-hydrogen) atoms. The van der Waals surface area contributed by atoms with E-state index < -0.39 is 0 Å². The van der Waals surface area contributed by atoms with Crippen LogP contribution in [0.25, 0.3) is 0 Å². The smallest absolute Gasteiger partial charge is 0.224 e. The van der Waals surface area contributed by atoms with Crippen molar-refractivity contribution in [3.8, 4) is 11.5 Å². The summed E-state index contributed by atoms with van der Waals surface area (Å²) >= 11 is 0. The fourth-order valence-electron chi connectivity index (χ4n) is 2.72. The van der Waals surface area contributed by atoms with Gasteiger partial charge in [-0.15, -0.1) is 0 Å². The molecule has 3 aromatic rings. The summed E-state index contributed by atoms with van der Waals surface area (Å²) in [5, 5.41) is 6.47. The SMILES string of the molecule is COc1ccc(Nc2cc(C)nc(NCCc3ccc(F)cc3)n2)c(OC)c1. The van der Waals surface area contributed by atoms with Gasteiger partial charge in [-0.3, -0.25) is 0 Å². The first-order valence-corrected chi connectivity index (χ1v) is 8.90. The van der Waals surface area contributed by atoms with Crippen molar-refractivity contribution in [3.05, 3.63) is 65.6 Å². The molecule has 146 valence electrons. The van der Waals surface area contributed by atoms with Crippen molar-refractivity contribution in [2.45, 2.75) is 13.3 Å². The van der Waals surface area contributed by atoms with Crippen LogP contribution in [0, 0.1) is 12.7 Å². The maximum Gasteiger partial charge on any atom is 0.224 e. The van der Waals surface area contributed by atoms with E-state index in [0.29, 0.717) is 29.8 Å². The normalized spacial score (nSPS) is 10.4. The standard InChI is InChI=1S/C21H23FN4O2/c1-14-12-20(25-18-9-8-17(27-2)13-19(18)28-3)26-21(24-14)23-11-10-15-4-6-16(22)7-5-15/h4-9,12-13H,10-11H2,1-3H3,(H2,23,24,25,26). The Morgan fingerprint density at radius 2 is 1.75 bits per heavy atom. The summed E-state index contributed by atoms with van der Waals surface area (Å²) in [5.74, 6) is 2.31. The molecule has 0 saturated carbocycles. The van der Waals surface area contributed by atoms with Crippen molar-refractivity contribution in [1.82, 2.24) is 9.97 Å². The molecule has 0 radical (unpaired) electrons. The van der Waals surface area contributed by atoms with Crippen molar-refractivity contribution in [3.63, 3.8) is 0 Å². The minimum absolute atomic E-state index is 0.233. The third-order valence-electron chi connectivity index (χ3n) is 4.14. The quantitative estimate of drug-likeness (QED) is 0.604. The summed E-state index contributed by atoms with van der Waals surface area (Å²) in [4.78, 5) is 8.93. The van der Waals surface area contributed by atoms with Gasteiger partial charge in [0.05, 0.1) is 19.9 Å². The number of halogens is 1. The van der Waals surface area contributed by atoms with E-state index in [1.807, 2.05) is 25.1 Å². The van der Waals surface area contributed by atoms with Gasteiger partial charge in [0, 0.05) is 24.4 Å². The van der Waals surface area contributed by atoms with Crippen molar-refractivity contribution in [1.29, 1.82) is 0 Å². The van der Waals surface area contributed by atoms with Crippen LogP contribution in [0.1, 0.15) is 11.3 Å². The van der Waals surface area contributed by atoms with E-state index in [1.54, 1.807) is 32.4 Å². The van der Waals surface area contributed by atoms with Crippen molar-refractivity contribution < 1.29 is 13.9 Å². The Kier molecular flexibility index (Phi) is 6.26. The first-order chi connectivity index (χ1) is 13.6. The van der Waals surface area contributed by atoms with E-state index in [9.17, 15) is 4.39 Å². The lowest BCUT2D eigenvalue weighted by Gasteiger charge is -2.13. The molecule has 0 aliphatic heterocycles. The highest BCUT2D eigenvalue weighted by Gasteiger charge is 2.08. The van der Waals surface area contributed by atoms with Crippen LogP contribution in [0.2, 0.25) is 0 Å². The summed E-state index contributed by atoms with van der Waals surface area (Å²) in [6, 6.07) is 13.9. The summed E-state index contributed by atoms with van der Waals surface area (Å²) < 4.78 is 23.6. The molecule has 0 saturated heterocycles. The predicted molar refractivity (Wildman–Crippen MR) is 108 cm³/mol. The van der Waals surface area contributed by atoms with Gasteiger partial charge in [-0.2, -0.15) is 4.98 Å². The Hall–Kier alpha value is -3.35. The highest BCUT2D eigenvalue weighted by Crippen LogP contribution is 2.31. The van der Waals surface area contributed by atoms with Gasteiger partial charge in [-0.05, 0) is 43.2 Å². The van der Waals surface area contributed by atoms with Crippen LogP contribution in [0.3, 0.4) is 0 Å². The third kappa shape index (κ3) is 5.09. The Bertz CT molecular complexity index is 932. The molecule has 0 unspecified atom stereocenters. The molecule has 1 heterocycles. The van der Waals surface area contributed by atoms with Crippen molar-refractivity contribution >= 4 is 17.5 Å². The monoisotopic (exact) mass is 382 g/mol. The average molecular weight is 382 g/mol. The van der Waals surface area contributed by atoms with E-state index in [2.05, 4.69) is 20.6 Å². The number of nitrogens with one attached hydrogen (secondary N) is 2. The summed E-state index contributed by atoms with van der Waals surface area (Å²) in [6.45, 7) is 2.55. The average Bonchev–Trinajstić information content (AvgIpc) is 2.69. The zero-order valence-corrected chi connectivity index (χ0v) is 16.1. The molecule has 0 amide bonds. The van der Waals surface area contributed by atoms with E-state index >= 15 is 0 Å². The second kappa shape index (κ2) is 9.03. The van der Waals surface area contributed by atoms with Gasteiger partial charge < -0.3 is 20.1 Å². The Labute approximate surface area is 163 Å². The fourth-order valence-corrected chi connectivity index (χ4v) is 2.72. The first kappa shape index (κ1) is 19.4. The number of hydrogen-bond donors (Lipinski definition) is 2. The van der Waals surface area contributed by atoms with Crippen molar-refractivity contribution in [2.75, 3.05) is 31.4 Å². The fraction of sp³-hybridized carbons (Fsp3) is 0.238. The van der Waals surface area contributed by atoms with Crippen LogP contribution in [0.4, 0.5) is 21.8 Å². The lowest BCUT2D eigenvalue weighted by molar-refractivity contribution is 0.395. The highest BCUT2D eigenvalue weighted by atomic mass is 19.1. The molecule has 1 aromatic heterocycles. The molecule has 2 N–H and O–H groups in total. The molecular weight excluding hydrogens is 359 g/mol. The van der Waals surface area contributed by atoms with E-state index in [4.69, 9.17) is 9.47 Å². The largest absolute Gasteiger partial charge is 0.497 e. The Balaban J connectivity index is 1.68. The van der Waals surface area contributed by atoms with Gasteiger partial charge in [-0.1, -0.05) is 12.1 Å². The highest BCUT2D eigenvalue weighted by molar-refractivity contribution is 5.66. The molecular formula is C21H23FN4O2. The minimum Gasteiger partial charge on any atom is -0.497 e. The zero-order valence-electron chi connectivity index (χ0n) is 16.1. The van der Waals surface area contributed by atoms with Crippen LogP contribution in [-0.4, -0.2) is 30.7 Å². The molecule has 0 bridgehead atoms. The number of aryl methyl sites for hydroxylation is 1. The number of hydrogen-bond acceptors (Lipinski definition) is 6. The van der Waals surface area contributed by atoms with Crippen LogP contribution in [-0.2, 0) is 6.42 Å². The lowest BCUT2D eigenvalue weighted by atomic mass is 10.1. The van der Waals surface area contributed by atoms with E-state index in [0.717, 1.165) is 23.4 Å². The molecule has 2 aromatic carbocycles. The summed E-state index contributed by atoms with van der Waals surface area (Å²) in [6.07, 6.45) is 0.743. The second-order valence-corrected chi connectivity index (χ2v) is 6.21. The lowest BCUT2D eigenvalue weighted by Crippen LogP contribution is -2.10. The van der Waals surface area contributed by atoms with Crippen LogP contribution >= 0.6 is 0 Å². The number of aromatic nitrogens is 2. The summed E-state index contributed by atoms with van der Waals surface area (Å²) in [7, 11) is 3.22. The van der Waals surface area contributed by atoms with Crippen LogP contribution in [0.15, 0.2) is 48.5 Å². The number of methoxy groups -OCH3 is 2. The van der Waals surface area contributed by atoms with Crippen LogP contribution in [0.5, 0.6) is 11.5 Å². The second-order valence-electron chi connectivity index (χ2n) is 6.21. The molecule has 0 aliphatic carbocycles. The topological polar surface area (TPSA) is 68.3 Å². The van der Waals surface area contributed by atoms with Gasteiger partial charge in [0.2, 0.25) is 5.95 Å². The Morgan fingerprint density at radius 1 is 0.964 bits per heavy atom. The maximum absolute atomic E-state index is 13.0. The van der Waals surface area contributed by atoms with Gasteiger partial charge in [0.15, 0.2) is 0 Å². The van der Waals surface area contributed by atoms with E-state index in [-0.39, 0.29) is 5.82 Å².